The maximum Gasteiger partial charge on any atom is 0.280 e. The predicted octanol–water partition coefficient (Wildman–Crippen LogP) is 2.17. The van der Waals surface area contributed by atoms with Crippen LogP contribution in [0.15, 0.2) is 47.8 Å². The van der Waals surface area contributed by atoms with Crippen molar-refractivity contribution in [2.24, 2.45) is 10.7 Å². The van der Waals surface area contributed by atoms with Crippen molar-refractivity contribution in [2.75, 3.05) is 18.9 Å². The summed E-state index contributed by atoms with van der Waals surface area (Å²) in [6.45, 7) is 2.89. The standard InChI is InChI=1S/C23H30N8O2/c1-16-15-29-21(24)20(30-16)22(32)31-23(25)28-11-3-2-5-17-7-9-18(10-8-17)33-14-4-6-19-26-12-13-27-19/h7-10,12-13,15H,2-6,11,14H2,1H3,(H2,24,29)(H,26,27)(H3,25,28,31,32). The molecule has 0 saturated carbocycles. The fourth-order valence-corrected chi connectivity index (χ4v) is 3.13. The van der Waals surface area contributed by atoms with Crippen molar-refractivity contribution in [1.82, 2.24) is 25.3 Å². The highest BCUT2D eigenvalue weighted by Gasteiger charge is 2.13. The van der Waals surface area contributed by atoms with Gasteiger partial charge < -0.3 is 21.2 Å². The molecule has 0 aliphatic carbocycles. The number of imidazole rings is 1. The number of carbonyl (C=O) groups excluding carboxylic acids is 1. The Hall–Kier alpha value is -3.95. The number of nitrogen functional groups attached to an aromatic ring is 1. The van der Waals surface area contributed by atoms with Gasteiger partial charge in [-0.2, -0.15) is 0 Å². The Morgan fingerprint density at radius 1 is 1.15 bits per heavy atom. The third-order valence-corrected chi connectivity index (χ3v) is 4.84. The molecule has 174 valence electrons. The molecule has 0 fully saturated rings. The van der Waals surface area contributed by atoms with Gasteiger partial charge in [0.05, 0.1) is 18.5 Å². The number of ether oxygens (including phenoxy) is 1. The van der Waals surface area contributed by atoms with Gasteiger partial charge in [0.25, 0.3) is 5.91 Å². The molecule has 6 N–H and O–H groups in total. The highest BCUT2D eigenvalue weighted by molar-refractivity contribution is 6.06. The molecule has 0 aliphatic rings. The minimum absolute atomic E-state index is 0.0382. The van der Waals surface area contributed by atoms with Gasteiger partial charge in [-0.15, -0.1) is 0 Å². The lowest BCUT2D eigenvalue weighted by molar-refractivity contribution is 0.0972. The molecule has 2 heterocycles. The second-order valence-electron chi connectivity index (χ2n) is 7.56. The number of hydrogen-bond acceptors (Lipinski definition) is 7. The highest BCUT2D eigenvalue weighted by atomic mass is 16.5. The molecule has 10 nitrogen and oxygen atoms in total. The molecule has 0 unspecified atom stereocenters. The summed E-state index contributed by atoms with van der Waals surface area (Å²) in [5.74, 6) is 1.42. The fraction of sp³-hybridized carbons (Fsp3) is 0.348. The van der Waals surface area contributed by atoms with Crippen LogP contribution in [-0.2, 0) is 12.8 Å². The number of benzene rings is 1. The van der Waals surface area contributed by atoms with Gasteiger partial charge in [-0.3, -0.25) is 15.1 Å². The number of hydrogen-bond donors (Lipinski definition) is 4. The summed E-state index contributed by atoms with van der Waals surface area (Å²) in [6.07, 6.45) is 9.57. The largest absolute Gasteiger partial charge is 0.494 e. The molecule has 1 amide bonds. The maximum atomic E-state index is 12.2. The maximum absolute atomic E-state index is 12.2. The molecule has 33 heavy (non-hydrogen) atoms. The van der Waals surface area contributed by atoms with Crippen LogP contribution in [0.3, 0.4) is 0 Å². The number of aromatic nitrogens is 4. The van der Waals surface area contributed by atoms with Gasteiger partial charge in [-0.05, 0) is 50.3 Å². The Balaban J connectivity index is 1.31. The number of H-pyrrole nitrogens is 1. The fourth-order valence-electron chi connectivity index (χ4n) is 3.13. The second kappa shape index (κ2) is 12.2. The third-order valence-electron chi connectivity index (χ3n) is 4.84. The number of nitrogens with zero attached hydrogens (tertiary/aromatic N) is 4. The average Bonchev–Trinajstić information content (AvgIpc) is 3.32. The van der Waals surface area contributed by atoms with E-state index in [2.05, 4.69) is 42.4 Å². The van der Waals surface area contributed by atoms with Crippen molar-refractivity contribution < 1.29 is 9.53 Å². The quantitative estimate of drug-likeness (QED) is 0.198. The van der Waals surface area contributed by atoms with Crippen LogP contribution in [-0.4, -0.2) is 45.0 Å². The molecule has 0 atom stereocenters. The number of amides is 1. The molecular formula is C23H30N8O2. The van der Waals surface area contributed by atoms with Crippen LogP contribution in [0.5, 0.6) is 5.75 Å². The van der Waals surface area contributed by atoms with Gasteiger partial charge >= 0.3 is 0 Å². The van der Waals surface area contributed by atoms with Crippen LogP contribution in [0.4, 0.5) is 5.82 Å². The summed E-state index contributed by atoms with van der Waals surface area (Å²) >= 11 is 0. The Morgan fingerprint density at radius 3 is 2.73 bits per heavy atom. The number of carbonyl (C=O) groups is 1. The molecule has 3 rings (SSSR count). The number of anilines is 1. The van der Waals surface area contributed by atoms with E-state index in [0.29, 0.717) is 18.8 Å². The first-order chi connectivity index (χ1) is 16.0. The van der Waals surface area contributed by atoms with Crippen molar-refractivity contribution in [3.05, 3.63) is 65.6 Å². The lowest BCUT2D eigenvalue weighted by Gasteiger charge is -2.07. The summed E-state index contributed by atoms with van der Waals surface area (Å²) < 4.78 is 5.78. The van der Waals surface area contributed by atoms with E-state index in [0.717, 1.165) is 43.7 Å². The molecule has 2 aromatic heterocycles. The van der Waals surface area contributed by atoms with E-state index < -0.39 is 5.91 Å². The first kappa shape index (κ1) is 23.7. The van der Waals surface area contributed by atoms with E-state index in [-0.39, 0.29) is 17.5 Å². The molecule has 0 radical (unpaired) electrons. The zero-order valence-electron chi connectivity index (χ0n) is 18.8. The number of aromatic amines is 1. The zero-order chi connectivity index (χ0) is 23.5. The monoisotopic (exact) mass is 450 g/mol. The first-order valence-electron chi connectivity index (χ1n) is 10.9. The van der Waals surface area contributed by atoms with E-state index in [4.69, 9.17) is 16.2 Å². The Bertz CT molecular complexity index is 1050. The zero-order valence-corrected chi connectivity index (χ0v) is 18.8. The van der Waals surface area contributed by atoms with Crippen molar-refractivity contribution in [3.8, 4) is 5.75 Å². The van der Waals surface area contributed by atoms with Crippen LogP contribution >= 0.6 is 0 Å². The number of aryl methyl sites for hydroxylation is 3. The summed E-state index contributed by atoms with van der Waals surface area (Å²) in [6, 6.07) is 8.14. The lowest BCUT2D eigenvalue weighted by atomic mass is 10.1. The van der Waals surface area contributed by atoms with Crippen molar-refractivity contribution in [1.29, 1.82) is 0 Å². The molecule has 0 bridgehead atoms. The Morgan fingerprint density at radius 2 is 1.97 bits per heavy atom. The van der Waals surface area contributed by atoms with E-state index in [1.54, 1.807) is 13.1 Å². The predicted molar refractivity (Wildman–Crippen MR) is 127 cm³/mol. The summed E-state index contributed by atoms with van der Waals surface area (Å²) in [7, 11) is 0. The van der Waals surface area contributed by atoms with Gasteiger partial charge in [0.2, 0.25) is 0 Å². The third kappa shape index (κ3) is 7.91. The van der Waals surface area contributed by atoms with Gasteiger partial charge in [0, 0.05) is 25.4 Å². The normalized spacial score (nSPS) is 11.4. The lowest BCUT2D eigenvalue weighted by Crippen LogP contribution is -2.38. The van der Waals surface area contributed by atoms with E-state index in [1.807, 2.05) is 18.3 Å². The number of aliphatic imine (C=N–C) groups is 1. The minimum atomic E-state index is -0.520. The number of guanidine groups is 1. The van der Waals surface area contributed by atoms with Crippen molar-refractivity contribution in [2.45, 2.75) is 39.0 Å². The average molecular weight is 451 g/mol. The SMILES string of the molecule is Cc1cnc(N)c(C(=O)NC(N)=NCCCCc2ccc(OCCCc3ncc[nH]3)cc2)n1. The molecule has 1 aromatic carbocycles. The smallest absolute Gasteiger partial charge is 0.280 e. The van der Waals surface area contributed by atoms with Crippen LogP contribution in [0.25, 0.3) is 0 Å². The summed E-state index contributed by atoms with van der Waals surface area (Å²) in [4.78, 5) is 31.7. The van der Waals surface area contributed by atoms with Gasteiger partial charge in [-0.1, -0.05) is 12.1 Å². The number of nitrogens with one attached hydrogen (secondary N) is 2. The molecule has 3 aromatic rings. The summed E-state index contributed by atoms with van der Waals surface area (Å²) in [5, 5.41) is 2.50. The van der Waals surface area contributed by atoms with E-state index in [9.17, 15) is 4.79 Å². The van der Waals surface area contributed by atoms with Gasteiger partial charge in [0.1, 0.15) is 11.6 Å². The minimum Gasteiger partial charge on any atom is -0.494 e. The van der Waals surface area contributed by atoms with E-state index in [1.165, 1.54) is 11.8 Å². The van der Waals surface area contributed by atoms with Crippen LogP contribution in [0, 0.1) is 6.92 Å². The van der Waals surface area contributed by atoms with Crippen molar-refractivity contribution >= 4 is 17.7 Å². The van der Waals surface area contributed by atoms with Crippen LogP contribution < -0.4 is 21.5 Å². The number of nitrogens with two attached hydrogens (primary N) is 2. The highest BCUT2D eigenvalue weighted by Crippen LogP contribution is 2.14. The molecular weight excluding hydrogens is 420 g/mol. The topological polar surface area (TPSA) is 157 Å². The first-order valence-corrected chi connectivity index (χ1v) is 10.9. The molecule has 0 saturated heterocycles. The number of unbranched alkanes of at least 4 members (excludes halogenated alkanes) is 1. The molecule has 10 heteroatoms. The summed E-state index contributed by atoms with van der Waals surface area (Å²) in [5.41, 5.74) is 13.4. The van der Waals surface area contributed by atoms with Gasteiger partial charge in [-0.25, -0.2) is 15.0 Å². The molecule has 0 aliphatic heterocycles. The van der Waals surface area contributed by atoms with Crippen LogP contribution in [0.2, 0.25) is 0 Å². The molecule has 0 spiro atoms. The second-order valence-corrected chi connectivity index (χ2v) is 7.56. The Kier molecular flexibility index (Phi) is 8.75. The Labute approximate surface area is 192 Å². The van der Waals surface area contributed by atoms with Crippen molar-refractivity contribution in [3.63, 3.8) is 0 Å². The van der Waals surface area contributed by atoms with E-state index >= 15 is 0 Å². The van der Waals surface area contributed by atoms with Gasteiger partial charge in [0.15, 0.2) is 17.5 Å². The number of rotatable bonds is 11. The van der Waals surface area contributed by atoms with Crippen LogP contribution in [0.1, 0.15) is 46.8 Å².